The number of benzene rings is 1. The smallest absolute Gasteiger partial charge is 0.330 e. The molecule has 0 spiro atoms. The second kappa shape index (κ2) is 6.64. The monoisotopic (exact) mass is 309 g/mol. The zero-order valence-corrected chi connectivity index (χ0v) is 13.3. The molecule has 1 aromatic carbocycles. The lowest BCUT2D eigenvalue weighted by atomic mass is 10.1. The standard InChI is InChI=1S/C15H19NO4S/c1-6-16(14(11(2)3)15(17)20-5)21(18,19)13-9-7-12(4)8-10-13/h1,7-11,14H,2-5H3/t14-/m0/s1. The predicted molar refractivity (Wildman–Crippen MR) is 79.7 cm³/mol. The number of ether oxygens (including phenoxy) is 1. The van der Waals surface area contributed by atoms with E-state index >= 15 is 0 Å². The fraction of sp³-hybridized carbons (Fsp3) is 0.400. The molecule has 0 fully saturated rings. The lowest BCUT2D eigenvalue weighted by Gasteiger charge is -2.28. The molecule has 1 rings (SSSR count). The van der Waals surface area contributed by atoms with Gasteiger partial charge in [-0.05, 0) is 25.0 Å². The third-order valence-electron chi connectivity index (χ3n) is 3.03. The van der Waals surface area contributed by atoms with Crippen LogP contribution in [-0.2, 0) is 19.6 Å². The molecule has 0 radical (unpaired) electrons. The Hall–Kier alpha value is -2.00. The van der Waals surface area contributed by atoms with E-state index in [0.29, 0.717) is 0 Å². The van der Waals surface area contributed by atoms with E-state index in [0.717, 1.165) is 9.87 Å². The first kappa shape index (κ1) is 17.1. The first-order chi connectivity index (χ1) is 9.75. The van der Waals surface area contributed by atoms with Gasteiger partial charge in [0.2, 0.25) is 0 Å². The van der Waals surface area contributed by atoms with Crippen LogP contribution in [0, 0.1) is 25.3 Å². The Morgan fingerprint density at radius 2 is 1.81 bits per heavy atom. The molecule has 0 bridgehead atoms. The molecule has 1 atom stereocenters. The van der Waals surface area contributed by atoms with Crippen LogP contribution in [0.25, 0.3) is 0 Å². The van der Waals surface area contributed by atoms with Crippen molar-refractivity contribution in [3.63, 3.8) is 0 Å². The summed E-state index contributed by atoms with van der Waals surface area (Å²) in [7, 11) is -2.77. The fourth-order valence-electron chi connectivity index (χ4n) is 1.88. The SMILES string of the molecule is C#CN([C@H](C(=O)OC)C(C)C)S(=O)(=O)c1ccc(C)cc1. The van der Waals surface area contributed by atoms with Gasteiger partial charge in [0.25, 0.3) is 10.0 Å². The largest absolute Gasteiger partial charge is 0.467 e. The average Bonchev–Trinajstić information content (AvgIpc) is 2.43. The molecule has 0 aliphatic carbocycles. The molecule has 0 amide bonds. The van der Waals surface area contributed by atoms with Gasteiger partial charge < -0.3 is 4.74 Å². The van der Waals surface area contributed by atoms with Crippen molar-refractivity contribution in [2.75, 3.05) is 7.11 Å². The topological polar surface area (TPSA) is 63.7 Å². The van der Waals surface area contributed by atoms with Gasteiger partial charge in [-0.2, -0.15) is 0 Å². The maximum Gasteiger partial charge on any atom is 0.330 e. The highest BCUT2D eigenvalue weighted by Crippen LogP contribution is 2.22. The number of esters is 1. The summed E-state index contributed by atoms with van der Waals surface area (Å²) in [6.45, 7) is 5.26. The van der Waals surface area contributed by atoms with Crippen LogP contribution in [0.2, 0.25) is 0 Å². The normalized spacial score (nSPS) is 12.6. The molecule has 21 heavy (non-hydrogen) atoms. The molecule has 0 saturated heterocycles. The molecule has 0 aliphatic heterocycles. The van der Waals surface area contributed by atoms with E-state index in [2.05, 4.69) is 10.8 Å². The lowest BCUT2D eigenvalue weighted by molar-refractivity contribution is -0.145. The number of hydrogen-bond donors (Lipinski definition) is 0. The van der Waals surface area contributed by atoms with Gasteiger partial charge in [0.15, 0.2) is 6.04 Å². The van der Waals surface area contributed by atoms with E-state index in [1.54, 1.807) is 26.0 Å². The van der Waals surface area contributed by atoms with Crippen LogP contribution >= 0.6 is 0 Å². The lowest BCUT2D eigenvalue weighted by Crippen LogP contribution is -2.45. The van der Waals surface area contributed by atoms with Gasteiger partial charge in [-0.15, -0.1) is 0 Å². The highest BCUT2D eigenvalue weighted by atomic mass is 32.2. The summed E-state index contributed by atoms with van der Waals surface area (Å²) in [5.41, 5.74) is 0.926. The average molecular weight is 309 g/mol. The Labute approximate surface area is 126 Å². The summed E-state index contributed by atoms with van der Waals surface area (Å²) >= 11 is 0. The molecule has 0 aromatic heterocycles. The van der Waals surface area contributed by atoms with E-state index in [1.165, 1.54) is 19.2 Å². The van der Waals surface area contributed by atoms with Gasteiger partial charge in [0.1, 0.15) is 0 Å². The summed E-state index contributed by atoms with van der Waals surface area (Å²) in [5, 5.41) is 0. The van der Waals surface area contributed by atoms with Crippen molar-refractivity contribution in [2.45, 2.75) is 31.7 Å². The summed E-state index contributed by atoms with van der Waals surface area (Å²) in [6, 6.07) is 7.30. The van der Waals surface area contributed by atoms with Crippen LogP contribution in [0.1, 0.15) is 19.4 Å². The third-order valence-corrected chi connectivity index (χ3v) is 4.75. The minimum atomic E-state index is -3.97. The van der Waals surface area contributed by atoms with Gasteiger partial charge in [-0.3, -0.25) is 0 Å². The van der Waals surface area contributed by atoms with E-state index < -0.39 is 22.0 Å². The second-order valence-electron chi connectivity index (χ2n) is 4.96. The molecule has 1 aromatic rings. The van der Waals surface area contributed by atoms with Crippen molar-refractivity contribution in [3.05, 3.63) is 29.8 Å². The molecule has 0 unspecified atom stereocenters. The Kier molecular flexibility index (Phi) is 5.39. The molecular formula is C15H19NO4S. The molecule has 0 N–H and O–H groups in total. The number of methoxy groups -OCH3 is 1. The van der Waals surface area contributed by atoms with Crippen LogP contribution in [-0.4, -0.2) is 31.8 Å². The number of rotatable bonds is 5. The van der Waals surface area contributed by atoms with Crippen LogP contribution in [0.3, 0.4) is 0 Å². The number of aryl methyl sites for hydroxylation is 1. The number of carbonyl (C=O) groups excluding carboxylic acids is 1. The Balaban J connectivity index is 3.33. The van der Waals surface area contributed by atoms with Crippen molar-refractivity contribution in [1.29, 1.82) is 0 Å². The summed E-state index contributed by atoms with van der Waals surface area (Å²) in [5.74, 6) is -1.01. The quantitative estimate of drug-likeness (QED) is 0.472. The van der Waals surface area contributed by atoms with Crippen molar-refractivity contribution in [3.8, 4) is 12.5 Å². The van der Waals surface area contributed by atoms with Gasteiger partial charge in [-0.1, -0.05) is 38.0 Å². The van der Waals surface area contributed by atoms with Gasteiger partial charge in [0.05, 0.1) is 12.0 Å². The Bertz CT molecular complexity index is 641. The minimum Gasteiger partial charge on any atom is -0.467 e. The molecular weight excluding hydrogens is 290 g/mol. The van der Waals surface area contributed by atoms with Gasteiger partial charge in [0, 0.05) is 6.04 Å². The first-order valence-corrected chi connectivity index (χ1v) is 7.85. The number of hydrogen-bond acceptors (Lipinski definition) is 4. The zero-order chi connectivity index (χ0) is 16.2. The molecule has 6 heteroatoms. The molecule has 0 saturated carbocycles. The second-order valence-corrected chi connectivity index (χ2v) is 6.77. The highest BCUT2D eigenvalue weighted by molar-refractivity contribution is 7.89. The van der Waals surface area contributed by atoms with E-state index in [1.807, 2.05) is 6.92 Å². The van der Waals surface area contributed by atoms with E-state index in [-0.39, 0.29) is 10.8 Å². The van der Waals surface area contributed by atoms with Gasteiger partial charge in [-0.25, -0.2) is 17.5 Å². The van der Waals surface area contributed by atoms with Crippen molar-refractivity contribution in [2.24, 2.45) is 5.92 Å². The van der Waals surface area contributed by atoms with Crippen LogP contribution in [0.5, 0.6) is 0 Å². The Morgan fingerprint density at radius 1 is 1.29 bits per heavy atom. The minimum absolute atomic E-state index is 0.0422. The van der Waals surface area contributed by atoms with Crippen LogP contribution in [0.4, 0.5) is 0 Å². The third kappa shape index (κ3) is 3.56. The fourth-order valence-corrected chi connectivity index (χ4v) is 3.36. The number of terminal acetylenes is 1. The molecule has 5 nitrogen and oxygen atoms in total. The van der Waals surface area contributed by atoms with Crippen molar-refractivity contribution < 1.29 is 17.9 Å². The van der Waals surface area contributed by atoms with Crippen molar-refractivity contribution >= 4 is 16.0 Å². The molecule has 0 aliphatic rings. The summed E-state index contributed by atoms with van der Waals surface area (Å²) in [4.78, 5) is 11.9. The maximum atomic E-state index is 12.6. The Morgan fingerprint density at radius 3 is 2.19 bits per heavy atom. The van der Waals surface area contributed by atoms with E-state index in [9.17, 15) is 13.2 Å². The predicted octanol–water partition coefficient (Wildman–Crippen LogP) is 1.77. The maximum absolute atomic E-state index is 12.6. The first-order valence-electron chi connectivity index (χ1n) is 6.41. The van der Waals surface area contributed by atoms with Crippen molar-refractivity contribution in [1.82, 2.24) is 4.31 Å². The highest BCUT2D eigenvalue weighted by Gasteiger charge is 2.37. The van der Waals surface area contributed by atoms with Gasteiger partial charge >= 0.3 is 5.97 Å². The van der Waals surface area contributed by atoms with Crippen LogP contribution in [0.15, 0.2) is 29.2 Å². The number of sulfonamides is 1. The van der Waals surface area contributed by atoms with Crippen LogP contribution < -0.4 is 0 Å². The zero-order valence-electron chi connectivity index (χ0n) is 12.5. The summed E-state index contributed by atoms with van der Waals surface area (Å²) in [6.07, 6.45) is 5.35. The molecule has 114 valence electrons. The number of nitrogens with zero attached hydrogens (tertiary/aromatic N) is 1. The van der Waals surface area contributed by atoms with E-state index in [4.69, 9.17) is 6.42 Å². The number of carbonyl (C=O) groups is 1. The molecule has 0 heterocycles. The summed E-state index contributed by atoms with van der Waals surface area (Å²) < 4.78 is 30.6.